The normalized spacial score (nSPS) is 15.3. The molecule has 35 heavy (non-hydrogen) atoms. The van der Waals surface area contributed by atoms with E-state index in [-0.39, 0.29) is 18.0 Å². The van der Waals surface area contributed by atoms with Gasteiger partial charge in [0, 0.05) is 11.7 Å². The Labute approximate surface area is 213 Å². The van der Waals surface area contributed by atoms with E-state index in [0.717, 1.165) is 35.9 Å². The average molecular weight is 492 g/mol. The van der Waals surface area contributed by atoms with Crippen LogP contribution in [0.25, 0.3) is 0 Å². The zero-order valence-electron chi connectivity index (χ0n) is 21.1. The molecule has 3 aromatic rings. The Bertz CT molecular complexity index is 1060. The van der Waals surface area contributed by atoms with E-state index < -0.39 is 0 Å². The van der Waals surface area contributed by atoms with Crippen LogP contribution >= 0.6 is 11.8 Å². The van der Waals surface area contributed by atoms with Crippen molar-refractivity contribution in [1.29, 1.82) is 0 Å². The van der Waals surface area contributed by atoms with Crippen LogP contribution in [0.15, 0.2) is 65.8 Å². The summed E-state index contributed by atoms with van der Waals surface area (Å²) in [6, 6.07) is 21.0. The minimum atomic E-state index is 0.142. The van der Waals surface area contributed by atoms with E-state index in [1.165, 1.54) is 36.6 Å². The fourth-order valence-electron chi connectivity index (χ4n) is 5.03. The van der Waals surface area contributed by atoms with Crippen LogP contribution in [-0.4, -0.2) is 51.5 Å². The van der Waals surface area contributed by atoms with Gasteiger partial charge in [-0.1, -0.05) is 86.5 Å². The molecule has 0 spiro atoms. The van der Waals surface area contributed by atoms with Crippen molar-refractivity contribution in [2.75, 3.05) is 24.7 Å². The van der Waals surface area contributed by atoms with E-state index in [2.05, 4.69) is 77.1 Å². The van der Waals surface area contributed by atoms with Crippen LogP contribution in [-0.2, 0) is 11.3 Å². The molecule has 1 amide bonds. The summed E-state index contributed by atoms with van der Waals surface area (Å²) >= 11 is 1.50. The lowest BCUT2D eigenvalue weighted by molar-refractivity contribution is -0.116. The molecule has 0 N–H and O–H groups in total. The molecule has 6 nitrogen and oxygen atoms in total. The number of nitrogens with zero attached hydrogens (tertiary/aromatic N) is 5. The number of thioether (sulfide) groups is 1. The standard InChI is InChI=1S/C28H37N5OS/c1-4-25(31(2)3)27-29-30-28(32(27)20-22-14-8-5-9-15-22)35-21-26(34)33(23-16-10-6-11-17-23)24-18-12-7-13-19-24/h5-6,8-11,14-17,24-25H,4,7,12-13,18-21H2,1-3H3/t25-/m0/s1. The molecular formula is C28H37N5OS. The Morgan fingerprint density at radius 1 is 1.00 bits per heavy atom. The maximum absolute atomic E-state index is 13.6. The van der Waals surface area contributed by atoms with Gasteiger partial charge in [0.2, 0.25) is 5.91 Å². The number of carbonyl (C=O) groups excluding carboxylic acids is 1. The number of benzene rings is 2. The Morgan fingerprint density at radius 3 is 2.29 bits per heavy atom. The van der Waals surface area contributed by atoms with Gasteiger partial charge in [-0.2, -0.15) is 0 Å². The zero-order chi connectivity index (χ0) is 24.6. The number of carbonyl (C=O) groups is 1. The average Bonchev–Trinajstić information content (AvgIpc) is 3.27. The molecule has 4 rings (SSSR count). The molecule has 1 aliphatic rings. The van der Waals surface area contributed by atoms with Crippen LogP contribution in [0.1, 0.15) is 62.9 Å². The summed E-state index contributed by atoms with van der Waals surface area (Å²) in [5.74, 6) is 1.43. The monoisotopic (exact) mass is 491 g/mol. The van der Waals surface area contributed by atoms with E-state index in [4.69, 9.17) is 0 Å². The lowest BCUT2D eigenvalue weighted by atomic mass is 9.93. The highest BCUT2D eigenvalue weighted by Crippen LogP contribution is 2.30. The number of amides is 1. The van der Waals surface area contributed by atoms with Gasteiger partial charge in [-0.25, -0.2) is 0 Å². The van der Waals surface area contributed by atoms with Gasteiger partial charge in [-0.3, -0.25) is 9.69 Å². The van der Waals surface area contributed by atoms with Crippen molar-refractivity contribution >= 4 is 23.4 Å². The third-order valence-electron chi connectivity index (χ3n) is 6.80. The molecule has 1 atom stereocenters. The van der Waals surface area contributed by atoms with Crippen LogP contribution in [0.5, 0.6) is 0 Å². The number of hydrogen-bond donors (Lipinski definition) is 0. The van der Waals surface area contributed by atoms with E-state index in [9.17, 15) is 4.79 Å². The number of anilines is 1. The third-order valence-corrected chi connectivity index (χ3v) is 7.76. The molecule has 1 heterocycles. The van der Waals surface area contributed by atoms with Crippen LogP contribution in [0.3, 0.4) is 0 Å². The van der Waals surface area contributed by atoms with Gasteiger partial charge in [0.15, 0.2) is 11.0 Å². The van der Waals surface area contributed by atoms with Crippen molar-refractivity contribution in [3.05, 3.63) is 72.1 Å². The quantitative estimate of drug-likeness (QED) is 0.336. The van der Waals surface area contributed by atoms with Gasteiger partial charge in [-0.05, 0) is 51.1 Å². The predicted octanol–water partition coefficient (Wildman–Crippen LogP) is 5.80. The van der Waals surface area contributed by atoms with Crippen LogP contribution in [0, 0.1) is 0 Å². The summed E-state index contributed by atoms with van der Waals surface area (Å²) in [5, 5.41) is 9.96. The Hall–Kier alpha value is -2.64. The van der Waals surface area contributed by atoms with E-state index in [1.807, 2.05) is 29.2 Å². The first kappa shape index (κ1) is 25.5. The van der Waals surface area contributed by atoms with E-state index >= 15 is 0 Å². The summed E-state index contributed by atoms with van der Waals surface area (Å²) in [5.41, 5.74) is 2.19. The predicted molar refractivity (Wildman–Crippen MR) is 144 cm³/mol. The van der Waals surface area contributed by atoms with Gasteiger partial charge in [-0.15, -0.1) is 10.2 Å². The molecular weight excluding hydrogens is 454 g/mol. The Kier molecular flexibility index (Phi) is 8.99. The Morgan fingerprint density at radius 2 is 1.66 bits per heavy atom. The fourth-order valence-corrected chi connectivity index (χ4v) is 5.83. The molecule has 1 aliphatic carbocycles. The summed E-state index contributed by atoms with van der Waals surface area (Å²) in [6.45, 7) is 2.86. The molecule has 0 unspecified atom stereocenters. The lowest BCUT2D eigenvalue weighted by Gasteiger charge is -2.34. The van der Waals surface area contributed by atoms with E-state index in [1.54, 1.807) is 0 Å². The van der Waals surface area contributed by atoms with Gasteiger partial charge in [0.1, 0.15) is 0 Å². The molecule has 7 heteroatoms. The van der Waals surface area contributed by atoms with Gasteiger partial charge < -0.3 is 9.47 Å². The van der Waals surface area contributed by atoms with Crippen molar-refractivity contribution in [2.45, 2.75) is 69.2 Å². The van der Waals surface area contributed by atoms with E-state index in [0.29, 0.717) is 12.3 Å². The molecule has 1 fully saturated rings. The second-order valence-corrected chi connectivity index (χ2v) is 10.4. The van der Waals surface area contributed by atoms with Crippen molar-refractivity contribution < 1.29 is 4.79 Å². The van der Waals surface area contributed by atoms with Crippen LogP contribution in [0.4, 0.5) is 5.69 Å². The molecule has 2 aromatic carbocycles. The molecule has 1 saturated carbocycles. The first-order valence-corrected chi connectivity index (χ1v) is 13.7. The van der Waals surface area contributed by atoms with Crippen molar-refractivity contribution in [3.63, 3.8) is 0 Å². The maximum atomic E-state index is 13.6. The molecule has 186 valence electrons. The highest BCUT2D eigenvalue weighted by atomic mass is 32.2. The minimum absolute atomic E-state index is 0.142. The molecule has 0 bridgehead atoms. The number of rotatable bonds is 10. The van der Waals surface area contributed by atoms with Gasteiger partial charge in [0.25, 0.3) is 0 Å². The molecule has 0 saturated heterocycles. The molecule has 0 aliphatic heterocycles. The topological polar surface area (TPSA) is 54.3 Å². The second kappa shape index (κ2) is 12.4. The third kappa shape index (κ3) is 6.33. The second-order valence-electron chi connectivity index (χ2n) is 9.48. The highest BCUT2D eigenvalue weighted by Gasteiger charge is 2.28. The molecule has 0 radical (unpaired) electrons. The first-order chi connectivity index (χ1) is 17.1. The molecule has 1 aromatic heterocycles. The SMILES string of the molecule is CC[C@@H](c1nnc(SCC(=O)N(c2ccccc2)C2CCCCC2)n1Cc1ccccc1)N(C)C. The van der Waals surface area contributed by atoms with Gasteiger partial charge >= 0.3 is 0 Å². The van der Waals surface area contributed by atoms with Gasteiger partial charge in [0.05, 0.1) is 18.3 Å². The number of aromatic nitrogens is 3. The minimum Gasteiger partial charge on any atom is -0.309 e. The number of para-hydroxylation sites is 1. The number of hydrogen-bond acceptors (Lipinski definition) is 5. The summed E-state index contributed by atoms with van der Waals surface area (Å²) < 4.78 is 2.19. The maximum Gasteiger partial charge on any atom is 0.237 e. The summed E-state index contributed by atoms with van der Waals surface area (Å²) in [6.07, 6.45) is 6.71. The highest BCUT2D eigenvalue weighted by molar-refractivity contribution is 7.99. The Balaban J connectivity index is 1.57. The van der Waals surface area contributed by atoms with Crippen molar-refractivity contribution in [2.24, 2.45) is 0 Å². The summed E-state index contributed by atoms with van der Waals surface area (Å²) in [4.78, 5) is 17.9. The van der Waals surface area contributed by atoms with Crippen molar-refractivity contribution in [1.82, 2.24) is 19.7 Å². The van der Waals surface area contributed by atoms with Crippen molar-refractivity contribution in [3.8, 4) is 0 Å². The zero-order valence-corrected chi connectivity index (χ0v) is 22.0. The smallest absolute Gasteiger partial charge is 0.237 e. The first-order valence-electron chi connectivity index (χ1n) is 12.7. The largest absolute Gasteiger partial charge is 0.309 e. The van der Waals surface area contributed by atoms with Crippen LogP contribution < -0.4 is 4.90 Å². The van der Waals surface area contributed by atoms with Crippen LogP contribution in [0.2, 0.25) is 0 Å². The summed E-state index contributed by atoms with van der Waals surface area (Å²) in [7, 11) is 4.15. The lowest BCUT2D eigenvalue weighted by Crippen LogP contribution is -2.42. The fraction of sp³-hybridized carbons (Fsp3) is 0.464.